The number of hydrogen-bond acceptors (Lipinski definition) is 2. The van der Waals surface area contributed by atoms with E-state index < -0.39 is 0 Å². The van der Waals surface area contributed by atoms with Crippen LogP contribution >= 0.6 is 0 Å². The average Bonchev–Trinajstić information content (AvgIpc) is 2.76. The Labute approximate surface area is 84.2 Å². The van der Waals surface area contributed by atoms with Crippen molar-refractivity contribution < 1.29 is 4.52 Å². The van der Waals surface area contributed by atoms with Crippen molar-refractivity contribution in [2.24, 2.45) is 5.92 Å². The maximum Gasteiger partial charge on any atom is 0.159 e. The highest BCUT2D eigenvalue weighted by Gasteiger charge is 2.25. The van der Waals surface area contributed by atoms with E-state index in [4.69, 9.17) is 9.93 Å². The van der Waals surface area contributed by atoms with Crippen LogP contribution in [0, 0.1) is 11.3 Å². The zero-order valence-electron chi connectivity index (χ0n) is 9.13. The van der Waals surface area contributed by atoms with Crippen molar-refractivity contribution in [2.45, 2.75) is 45.6 Å². The van der Waals surface area contributed by atoms with Gasteiger partial charge in [-0.1, -0.05) is 20.8 Å². The van der Waals surface area contributed by atoms with E-state index >= 15 is 0 Å². The summed E-state index contributed by atoms with van der Waals surface area (Å²) < 4.78 is 7.38. The van der Waals surface area contributed by atoms with Crippen LogP contribution in [0.4, 0.5) is 0 Å². The van der Waals surface area contributed by atoms with Gasteiger partial charge in [-0.15, -0.1) is 0 Å². The lowest BCUT2D eigenvalue weighted by Gasteiger charge is -2.13. The Balaban J connectivity index is 2.24. The molecule has 1 fully saturated rings. The number of hydrogen-bond donors (Lipinski definition) is 1. The van der Waals surface area contributed by atoms with Crippen LogP contribution in [-0.2, 0) is 12.0 Å². The zero-order chi connectivity index (χ0) is 10.3. The maximum atomic E-state index is 7.76. The highest BCUT2D eigenvalue weighted by molar-refractivity contribution is 5.06. The first-order valence-corrected chi connectivity index (χ1v) is 5.23. The smallest absolute Gasteiger partial charge is 0.159 e. The van der Waals surface area contributed by atoms with Gasteiger partial charge < -0.3 is 4.52 Å². The summed E-state index contributed by atoms with van der Waals surface area (Å²) in [7, 11) is 0. The third-order valence-electron chi connectivity index (χ3n) is 2.61. The Morgan fingerprint density at radius 2 is 2.14 bits per heavy atom. The summed E-state index contributed by atoms with van der Waals surface area (Å²) in [6, 6.07) is 1.84. The summed E-state index contributed by atoms with van der Waals surface area (Å²) >= 11 is 0. The fraction of sp³-hybridized carbons (Fsp3) is 0.727. The van der Waals surface area contributed by atoms with Gasteiger partial charge in [0.1, 0.15) is 5.76 Å². The Bertz CT molecular complexity index is 377. The minimum absolute atomic E-state index is 0.00456. The van der Waals surface area contributed by atoms with E-state index in [1.54, 1.807) is 4.74 Å². The van der Waals surface area contributed by atoms with Crippen LogP contribution in [0.1, 0.15) is 39.4 Å². The first-order chi connectivity index (χ1) is 6.47. The predicted molar refractivity (Wildman–Crippen MR) is 54.0 cm³/mol. The van der Waals surface area contributed by atoms with Crippen LogP contribution in [-0.4, -0.2) is 4.74 Å². The van der Waals surface area contributed by atoms with Gasteiger partial charge in [-0.3, -0.25) is 5.41 Å². The topological polar surface area (TPSA) is 41.9 Å². The minimum Gasteiger partial charge on any atom is -0.382 e. The number of nitrogens with one attached hydrogen (secondary N) is 1. The fourth-order valence-electron chi connectivity index (χ4n) is 1.41. The molecule has 0 radical (unpaired) electrons. The molecule has 1 aliphatic rings. The van der Waals surface area contributed by atoms with E-state index in [2.05, 4.69) is 20.8 Å². The summed E-state index contributed by atoms with van der Waals surface area (Å²) in [5.41, 5.74) is 0.506. The predicted octanol–water partition coefficient (Wildman–Crippen LogP) is 2.27. The van der Waals surface area contributed by atoms with E-state index in [9.17, 15) is 0 Å². The monoisotopic (exact) mass is 194 g/mol. The van der Waals surface area contributed by atoms with Crippen LogP contribution < -0.4 is 5.49 Å². The molecule has 78 valence electrons. The normalized spacial score (nSPS) is 17.4. The molecule has 14 heavy (non-hydrogen) atoms. The third-order valence-corrected chi connectivity index (χ3v) is 2.61. The lowest BCUT2D eigenvalue weighted by Crippen LogP contribution is -2.14. The summed E-state index contributed by atoms with van der Waals surface area (Å²) in [6.45, 7) is 7.20. The van der Waals surface area contributed by atoms with Crippen molar-refractivity contribution in [3.8, 4) is 0 Å². The van der Waals surface area contributed by atoms with Gasteiger partial charge in [0.2, 0.25) is 0 Å². The van der Waals surface area contributed by atoms with Crippen LogP contribution in [0.2, 0.25) is 0 Å². The molecule has 1 aliphatic carbocycles. The Morgan fingerprint density at radius 1 is 1.50 bits per heavy atom. The molecule has 0 unspecified atom stereocenters. The van der Waals surface area contributed by atoms with E-state index in [-0.39, 0.29) is 5.41 Å². The number of rotatable bonds is 2. The molecule has 1 aromatic heterocycles. The molecule has 3 heteroatoms. The van der Waals surface area contributed by atoms with Gasteiger partial charge in [0.25, 0.3) is 0 Å². The third kappa shape index (κ3) is 1.91. The van der Waals surface area contributed by atoms with Crippen molar-refractivity contribution in [1.29, 1.82) is 5.41 Å². The molecule has 1 heterocycles. The molecule has 1 saturated carbocycles. The molecule has 1 N–H and O–H groups in total. The van der Waals surface area contributed by atoms with Crippen LogP contribution in [0.5, 0.6) is 0 Å². The summed E-state index contributed by atoms with van der Waals surface area (Å²) in [6.07, 6.45) is 2.58. The first kappa shape index (κ1) is 9.56. The van der Waals surface area contributed by atoms with E-state index in [0.29, 0.717) is 5.49 Å². The Morgan fingerprint density at radius 3 is 2.57 bits per heavy atom. The molecule has 2 rings (SSSR count). The second-order valence-corrected chi connectivity index (χ2v) is 5.24. The Hall–Kier alpha value is -0.990. The van der Waals surface area contributed by atoms with Crippen LogP contribution in [0.3, 0.4) is 0 Å². The lowest BCUT2D eigenvalue weighted by molar-refractivity contribution is 0.208. The van der Waals surface area contributed by atoms with E-state index in [1.165, 1.54) is 12.8 Å². The summed E-state index contributed by atoms with van der Waals surface area (Å²) in [5, 5.41) is 7.76. The molecule has 0 amide bonds. The van der Waals surface area contributed by atoms with Gasteiger partial charge in [0, 0.05) is 11.5 Å². The number of nitrogens with zero attached hydrogens (tertiary/aromatic N) is 1. The molecule has 0 bridgehead atoms. The van der Waals surface area contributed by atoms with Gasteiger partial charge in [-0.2, -0.15) is 4.74 Å². The van der Waals surface area contributed by atoms with Crippen molar-refractivity contribution in [1.82, 2.24) is 4.74 Å². The maximum absolute atomic E-state index is 7.76. The summed E-state index contributed by atoms with van der Waals surface area (Å²) in [5.74, 6) is 1.66. The second-order valence-electron chi connectivity index (χ2n) is 5.24. The molecule has 0 spiro atoms. The van der Waals surface area contributed by atoms with Gasteiger partial charge in [-0.25, -0.2) is 0 Å². The highest BCUT2D eigenvalue weighted by Crippen LogP contribution is 2.30. The fourth-order valence-corrected chi connectivity index (χ4v) is 1.41. The van der Waals surface area contributed by atoms with Crippen LogP contribution in [0.25, 0.3) is 0 Å². The minimum atomic E-state index is 0.00456. The molecule has 0 atom stereocenters. The number of aromatic nitrogens is 1. The SMILES string of the molecule is CC(C)(C)c1cc(=N)n(CC2CC2)o1. The second kappa shape index (κ2) is 3.01. The largest absolute Gasteiger partial charge is 0.382 e. The van der Waals surface area contributed by atoms with E-state index in [0.717, 1.165) is 18.2 Å². The van der Waals surface area contributed by atoms with Crippen molar-refractivity contribution in [2.75, 3.05) is 0 Å². The van der Waals surface area contributed by atoms with E-state index in [1.807, 2.05) is 6.07 Å². The van der Waals surface area contributed by atoms with Crippen LogP contribution in [0.15, 0.2) is 10.6 Å². The first-order valence-electron chi connectivity index (χ1n) is 5.23. The molecule has 0 aliphatic heterocycles. The zero-order valence-corrected chi connectivity index (χ0v) is 9.13. The molecule has 0 aromatic carbocycles. The van der Waals surface area contributed by atoms with Gasteiger partial charge in [0.05, 0.1) is 6.54 Å². The van der Waals surface area contributed by atoms with Gasteiger partial charge in [-0.05, 0) is 18.8 Å². The van der Waals surface area contributed by atoms with Crippen molar-refractivity contribution >= 4 is 0 Å². The molecule has 1 aromatic rings. The average molecular weight is 194 g/mol. The summed E-state index contributed by atoms with van der Waals surface area (Å²) in [4.78, 5) is 0. The molecular formula is C11H18N2O. The quantitative estimate of drug-likeness (QED) is 0.771. The highest BCUT2D eigenvalue weighted by atomic mass is 16.5. The molecule has 0 saturated heterocycles. The van der Waals surface area contributed by atoms with Crippen molar-refractivity contribution in [3.63, 3.8) is 0 Å². The van der Waals surface area contributed by atoms with Gasteiger partial charge >= 0.3 is 0 Å². The molecular weight excluding hydrogens is 176 g/mol. The Kier molecular flexibility index (Phi) is 2.05. The van der Waals surface area contributed by atoms with Crippen molar-refractivity contribution in [3.05, 3.63) is 17.3 Å². The lowest BCUT2D eigenvalue weighted by atomic mass is 9.94. The van der Waals surface area contributed by atoms with Gasteiger partial charge in [0.15, 0.2) is 5.49 Å². The molecule has 3 nitrogen and oxygen atoms in total. The standard InChI is InChI=1S/C11H18N2O/c1-11(2,3)9-6-10(12)13(14-9)7-8-4-5-8/h6,8,12H,4-5,7H2,1-3H3.